The summed E-state index contributed by atoms with van der Waals surface area (Å²) in [4.78, 5) is 12.5. The maximum absolute atomic E-state index is 12.5. The second-order valence-electron chi connectivity index (χ2n) is 6.53. The standard InChI is InChI=1S/C19H25N3O2/c1-12-10-17(19(23)21-11-18(20)14-4-5-14)13(2)22(12)15-6-8-16(24-3)9-7-15/h6-10,14,18H,4-5,11,20H2,1-3H3,(H,21,23). The molecular formula is C19H25N3O2. The first kappa shape index (κ1) is 16.6. The van der Waals surface area contributed by atoms with E-state index in [0.29, 0.717) is 18.0 Å². The minimum absolute atomic E-state index is 0.0565. The van der Waals surface area contributed by atoms with Gasteiger partial charge in [0.15, 0.2) is 0 Å². The molecule has 1 heterocycles. The van der Waals surface area contributed by atoms with Crippen LogP contribution in [0.2, 0.25) is 0 Å². The molecule has 0 aliphatic heterocycles. The largest absolute Gasteiger partial charge is 0.497 e. The highest BCUT2D eigenvalue weighted by molar-refractivity contribution is 5.96. The van der Waals surface area contributed by atoms with Crippen LogP contribution in [0.4, 0.5) is 0 Å². The van der Waals surface area contributed by atoms with E-state index in [9.17, 15) is 4.79 Å². The number of carbonyl (C=O) groups is 1. The zero-order valence-corrected chi connectivity index (χ0v) is 14.5. The number of nitrogens with zero attached hydrogens (tertiary/aromatic N) is 1. The van der Waals surface area contributed by atoms with E-state index in [0.717, 1.165) is 22.8 Å². The molecule has 2 aromatic rings. The van der Waals surface area contributed by atoms with Gasteiger partial charge in [0.1, 0.15) is 5.75 Å². The summed E-state index contributed by atoms with van der Waals surface area (Å²) in [6.07, 6.45) is 2.37. The number of ether oxygens (including phenoxy) is 1. The van der Waals surface area contributed by atoms with Gasteiger partial charge in [-0.2, -0.15) is 0 Å². The van der Waals surface area contributed by atoms with Crippen LogP contribution in [0.5, 0.6) is 5.75 Å². The number of amides is 1. The Bertz CT molecular complexity index is 730. The van der Waals surface area contributed by atoms with Crippen molar-refractivity contribution in [3.05, 3.63) is 47.3 Å². The van der Waals surface area contributed by atoms with Gasteiger partial charge in [-0.25, -0.2) is 0 Å². The van der Waals surface area contributed by atoms with Crippen molar-refractivity contribution in [3.8, 4) is 11.4 Å². The minimum atomic E-state index is -0.0565. The van der Waals surface area contributed by atoms with Crippen LogP contribution >= 0.6 is 0 Å². The smallest absolute Gasteiger partial charge is 0.253 e. The first-order valence-corrected chi connectivity index (χ1v) is 8.38. The van der Waals surface area contributed by atoms with Gasteiger partial charge < -0.3 is 20.4 Å². The molecule has 1 atom stereocenters. The van der Waals surface area contributed by atoms with E-state index in [1.165, 1.54) is 12.8 Å². The van der Waals surface area contributed by atoms with E-state index in [1.54, 1.807) is 7.11 Å². The lowest BCUT2D eigenvalue weighted by Crippen LogP contribution is -2.38. The van der Waals surface area contributed by atoms with Crippen LogP contribution in [0.15, 0.2) is 30.3 Å². The highest BCUT2D eigenvalue weighted by Crippen LogP contribution is 2.31. The van der Waals surface area contributed by atoms with Crippen molar-refractivity contribution < 1.29 is 9.53 Å². The number of nitrogens with one attached hydrogen (secondary N) is 1. The fourth-order valence-electron chi connectivity index (χ4n) is 3.12. The number of carbonyl (C=O) groups excluding carboxylic acids is 1. The molecule has 24 heavy (non-hydrogen) atoms. The molecule has 5 nitrogen and oxygen atoms in total. The quantitative estimate of drug-likeness (QED) is 0.857. The first-order valence-electron chi connectivity index (χ1n) is 8.38. The van der Waals surface area contributed by atoms with Gasteiger partial charge in [-0.3, -0.25) is 4.79 Å². The lowest BCUT2D eigenvalue weighted by Gasteiger charge is -2.12. The molecule has 1 aromatic heterocycles. The summed E-state index contributed by atoms with van der Waals surface area (Å²) < 4.78 is 7.28. The molecule has 1 fully saturated rings. The number of hydrogen-bond acceptors (Lipinski definition) is 3. The van der Waals surface area contributed by atoms with Gasteiger partial charge in [0.25, 0.3) is 5.91 Å². The van der Waals surface area contributed by atoms with E-state index in [2.05, 4.69) is 9.88 Å². The Hall–Kier alpha value is -2.27. The number of hydrogen-bond donors (Lipinski definition) is 2. The fourth-order valence-corrected chi connectivity index (χ4v) is 3.12. The molecule has 1 amide bonds. The summed E-state index contributed by atoms with van der Waals surface area (Å²) in [6.45, 7) is 4.51. The number of aromatic nitrogens is 1. The molecule has 0 radical (unpaired) electrons. The van der Waals surface area contributed by atoms with Crippen molar-refractivity contribution >= 4 is 5.91 Å². The topological polar surface area (TPSA) is 69.3 Å². The summed E-state index contributed by atoms with van der Waals surface area (Å²) in [7, 11) is 1.65. The Morgan fingerprint density at radius 3 is 2.58 bits per heavy atom. The number of methoxy groups -OCH3 is 1. The summed E-state index contributed by atoms with van der Waals surface area (Å²) in [5.41, 5.74) is 9.73. The van der Waals surface area contributed by atoms with Gasteiger partial charge in [0.2, 0.25) is 0 Å². The lowest BCUT2D eigenvalue weighted by molar-refractivity contribution is 0.0949. The van der Waals surface area contributed by atoms with Gasteiger partial charge in [-0.05, 0) is 62.9 Å². The molecular weight excluding hydrogens is 302 g/mol. The Morgan fingerprint density at radius 1 is 1.33 bits per heavy atom. The number of aryl methyl sites for hydroxylation is 1. The Morgan fingerprint density at radius 2 is 2.00 bits per heavy atom. The number of nitrogens with two attached hydrogens (primary N) is 1. The molecule has 3 N–H and O–H groups in total. The summed E-state index contributed by atoms with van der Waals surface area (Å²) in [6, 6.07) is 9.81. The second kappa shape index (κ2) is 6.69. The molecule has 1 saturated carbocycles. The van der Waals surface area contributed by atoms with E-state index >= 15 is 0 Å². The molecule has 128 valence electrons. The Labute approximate surface area is 142 Å². The lowest BCUT2D eigenvalue weighted by atomic mass is 10.2. The molecule has 1 unspecified atom stereocenters. The van der Waals surface area contributed by atoms with E-state index in [-0.39, 0.29) is 11.9 Å². The average molecular weight is 327 g/mol. The molecule has 0 spiro atoms. The highest BCUT2D eigenvalue weighted by Gasteiger charge is 2.28. The van der Waals surface area contributed by atoms with Crippen molar-refractivity contribution in [1.82, 2.24) is 9.88 Å². The fraction of sp³-hybridized carbons (Fsp3) is 0.421. The normalized spacial score (nSPS) is 15.2. The van der Waals surface area contributed by atoms with E-state index in [1.807, 2.05) is 44.2 Å². The maximum Gasteiger partial charge on any atom is 0.253 e. The zero-order chi connectivity index (χ0) is 17.3. The molecule has 1 aromatic carbocycles. The van der Waals surface area contributed by atoms with Gasteiger partial charge in [0, 0.05) is 29.7 Å². The van der Waals surface area contributed by atoms with Gasteiger partial charge >= 0.3 is 0 Å². The van der Waals surface area contributed by atoms with Crippen molar-refractivity contribution in [2.75, 3.05) is 13.7 Å². The summed E-state index contributed by atoms with van der Waals surface area (Å²) in [5, 5.41) is 2.97. The van der Waals surface area contributed by atoms with E-state index < -0.39 is 0 Å². The van der Waals surface area contributed by atoms with Gasteiger partial charge in [0.05, 0.1) is 12.7 Å². The van der Waals surface area contributed by atoms with Crippen molar-refractivity contribution in [3.63, 3.8) is 0 Å². The molecule has 1 aliphatic carbocycles. The summed E-state index contributed by atoms with van der Waals surface area (Å²) in [5.74, 6) is 1.34. The SMILES string of the molecule is COc1ccc(-n2c(C)cc(C(=O)NCC(N)C3CC3)c2C)cc1. The van der Waals surface area contributed by atoms with Crippen LogP contribution in [0.3, 0.4) is 0 Å². The van der Waals surface area contributed by atoms with Crippen molar-refractivity contribution in [2.24, 2.45) is 11.7 Å². The molecule has 5 heteroatoms. The Balaban J connectivity index is 1.78. The second-order valence-corrected chi connectivity index (χ2v) is 6.53. The molecule has 0 bridgehead atoms. The molecule has 1 aliphatic rings. The van der Waals surface area contributed by atoms with Crippen LogP contribution in [0.25, 0.3) is 5.69 Å². The van der Waals surface area contributed by atoms with Crippen molar-refractivity contribution in [2.45, 2.75) is 32.7 Å². The summed E-state index contributed by atoms with van der Waals surface area (Å²) >= 11 is 0. The van der Waals surface area contributed by atoms with Crippen molar-refractivity contribution in [1.29, 1.82) is 0 Å². The maximum atomic E-state index is 12.5. The number of rotatable bonds is 6. The third-order valence-electron chi connectivity index (χ3n) is 4.73. The van der Waals surface area contributed by atoms with E-state index in [4.69, 9.17) is 10.5 Å². The average Bonchev–Trinajstić information content (AvgIpc) is 3.39. The van der Waals surface area contributed by atoms with Gasteiger partial charge in [-0.1, -0.05) is 0 Å². The minimum Gasteiger partial charge on any atom is -0.497 e. The van der Waals surface area contributed by atoms with Crippen LogP contribution in [0.1, 0.15) is 34.6 Å². The first-order chi connectivity index (χ1) is 11.5. The predicted octanol–water partition coefficient (Wildman–Crippen LogP) is 2.57. The number of benzene rings is 1. The van der Waals surface area contributed by atoms with Gasteiger partial charge in [-0.15, -0.1) is 0 Å². The van der Waals surface area contributed by atoms with Crippen LogP contribution < -0.4 is 15.8 Å². The Kier molecular flexibility index (Phi) is 4.62. The zero-order valence-electron chi connectivity index (χ0n) is 14.5. The predicted molar refractivity (Wildman–Crippen MR) is 94.8 cm³/mol. The third kappa shape index (κ3) is 3.31. The van der Waals surface area contributed by atoms with Crippen LogP contribution in [-0.2, 0) is 0 Å². The van der Waals surface area contributed by atoms with Crippen LogP contribution in [-0.4, -0.2) is 30.2 Å². The third-order valence-corrected chi connectivity index (χ3v) is 4.73. The monoisotopic (exact) mass is 327 g/mol. The molecule has 0 saturated heterocycles. The highest BCUT2D eigenvalue weighted by atomic mass is 16.5. The van der Waals surface area contributed by atoms with Crippen LogP contribution in [0, 0.1) is 19.8 Å². The molecule has 3 rings (SSSR count).